The standard InChI is InChI=1S/C12H17N5O3/c1-7(12(18)14-5-6-19-2)15-9-4-3-8(13)10-11(9)17-20-16-10/h3-4,7,15H,5-6,13H2,1-2H3,(H,14,18). The molecule has 20 heavy (non-hydrogen) atoms. The molecule has 1 heterocycles. The van der Waals surface area contributed by atoms with Gasteiger partial charge in [-0.2, -0.15) is 0 Å². The van der Waals surface area contributed by atoms with Crippen LogP contribution >= 0.6 is 0 Å². The fraction of sp³-hybridized carbons (Fsp3) is 0.417. The average Bonchev–Trinajstić information content (AvgIpc) is 2.92. The molecule has 0 fully saturated rings. The number of amides is 1. The summed E-state index contributed by atoms with van der Waals surface area (Å²) in [5.41, 5.74) is 7.85. The summed E-state index contributed by atoms with van der Waals surface area (Å²) in [4.78, 5) is 11.9. The Morgan fingerprint density at radius 2 is 2.20 bits per heavy atom. The first-order valence-corrected chi connectivity index (χ1v) is 6.17. The molecule has 1 aromatic heterocycles. The van der Waals surface area contributed by atoms with Gasteiger partial charge in [-0.15, -0.1) is 0 Å². The third-order valence-electron chi connectivity index (χ3n) is 2.82. The smallest absolute Gasteiger partial charge is 0.242 e. The lowest BCUT2D eigenvalue weighted by molar-refractivity contribution is -0.121. The molecule has 2 rings (SSSR count). The predicted molar refractivity (Wildman–Crippen MR) is 74.2 cm³/mol. The van der Waals surface area contributed by atoms with E-state index in [1.54, 1.807) is 26.2 Å². The number of hydrogen-bond acceptors (Lipinski definition) is 7. The molecule has 108 valence electrons. The first kappa shape index (κ1) is 14.1. The summed E-state index contributed by atoms with van der Waals surface area (Å²) >= 11 is 0. The molecule has 4 N–H and O–H groups in total. The molecule has 0 aliphatic heterocycles. The Hall–Kier alpha value is -2.35. The third-order valence-corrected chi connectivity index (χ3v) is 2.82. The summed E-state index contributed by atoms with van der Waals surface area (Å²) in [7, 11) is 1.58. The number of rotatable bonds is 6. The molecule has 0 saturated carbocycles. The Labute approximate surface area is 115 Å². The van der Waals surface area contributed by atoms with Crippen molar-refractivity contribution in [3.8, 4) is 0 Å². The van der Waals surface area contributed by atoms with Gasteiger partial charge < -0.3 is 21.1 Å². The second-order valence-electron chi connectivity index (χ2n) is 4.31. The SMILES string of the molecule is COCCNC(=O)C(C)Nc1ccc(N)c2nonc12. The molecule has 1 atom stereocenters. The number of carbonyl (C=O) groups excluding carboxylic acids is 1. The molecule has 2 aromatic rings. The Bertz CT molecular complexity index is 598. The maximum Gasteiger partial charge on any atom is 0.242 e. The number of nitrogen functional groups attached to an aromatic ring is 1. The number of carbonyl (C=O) groups is 1. The van der Waals surface area contributed by atoms with E-state index in [1.807, 2.05) is 0 Å². The van der Waals surface area contributed by atoms with Gasteiger partial charge >= 0.3 is 0 Å². The van der Waals surface area contributed by atoms with Gasteiger partial charge in [0.1, 0.15) is 6.04 Å². The first-order chi connectivity index (χ1) is 9.63. The maximum atomic E-state index is 11.9. The zero-order valence-corrected chi connectivity index (χ0v) is 11.3. The molecule has 0 aliphatic carbocycles. The highest BCUT2D eigenvalue weighted by Crippen LogP contribution is 2.25. The van der Waals surface area contributed by atoms with Crippen LogP contribution in [-0.2, 0) is 9.53 Å². The Kier molecular flexibility index (Phi) is 4.36. The normalized spacial score (nSPS) is 12.3. The van der Waals surface area contributed by atoms with Crippen molar-refractivity contribution >= 4 is 28.3 Å². The van der Waals surface area contributed by atoms with Crippen LogP contribution in [0.25, 0.3) is 11.0 Å². The maximum absolute atomic E-state index is 11.9. The highest BCUT2D eigenvalue weighted by atomic mass is 16.6. The van der Waals surface area contributed by atoms with Crippen molar-refractivity contribution in [1.82, 2.24) is 15.6 Å². The van der Waals surface area contributed by atoms with Gasteiger partial charge in [0.25, 0.3) is 0 Å². The van der Waals surface area contributed by atoms with Crippen molar-refractivity contribution < 1.29 is 14.2 Å². The minimum Gasteiger partial charge on any atom is -0.397 e. The van der Waals surface area contributed by atoms with E-state index in [0.717, 1.165) is 0 Å². The van der Waals surface area contributed by atoms with Crippen molar-refractivity contribution in [2.45, 2.75) is 13.0 Å². The molecular weight excluding hydrogens is 262 g/mol. The van der Waals surface area contributed by atoms with Crippen molar-refractivity contribution in [3.05, 3.63) is 12.1 Å². The van der Waals surface area contributed by atoms with Gasteiger partial charge in [0.2, 0.25) is 5.91 Å². The quantitative estimate of drug-likeness (QED) is 0.516. The molecule has 0 saturated heterocycles. The topological polar surface area (TPSA) is 115 Å². The van der Waals surface area contributed by atoms with Gasteiger partial charge in [0.15, 0.2) is 11.0 Å². The zero-order chi connectivity index (χ0) is 14.5. The largest absolute Gasteiger partial charge is 0.397 e. The van der Waals surface area contributed by atoms with E-state index in [0.29, 0.717) is 35.6 Å². The zero-order valence-electron chi connectivity index (χ0n) is 11.3. The summed E-state index contributed by atoms with van der Waals surface area (Å²) in [6.45, 7) is 2.68. The summed E-state index contributed by atoms with van der Waals surface area (Å²) in [6, 6.07) is 2.99. The van der Waals surface area contributed by atoms with Crippen LogP contribution in [0, 0.1) is 0 Å². The number of nitrogens with zero attached hydrogens (tertiary/aromatic N) is 2. The Morgan fingerprint density at radius 3 is 2.95 bits per heavy atom. The molecular formula is C12H17N5O3. The Balaban J connectivity index is 2.06. The van der Waals surface area contributed by atoms with E-state index in [1.165, 1.54) is 0 Å². The van der Waals surface area contributed by atoms with Crippen molar-refractivity contribution in [1.29, 1.82) is 0 Å². The van der Waals surface area contributed by atoms with E-state index in [2.05, 4.69) is 25.6 Å². The van der Waals surface area contributed by atoms with Gasteiger partial charge in [-0.05, 0) is 29.4 Å². The minimum absolute atomic E-state index is 0.136. The molecule has 0 spiro atoms. The van der Waals surface area contributed by atoms with Crippen LogP contribution in [-0.4, -0.2) is 42.5 Å². The number of benzene rings is 1. The fourth-order valence-electron chi connectivity index (χ4n) is 1.73. The molecule has 8 heteroatoms. The van der Waals surface area contributed by atoms with Gasteiger partial charge in [-0.1, -0.05) is 0 Å². The molecule has 1 amide bonds. The number of aromatic nitrogens is 2. The van der Waals surface area contributed by atoms with E-state index >= 15 is 0 Å². The van der Waals surface area contributed by atoms with E-state index in [4.69, 9.17) is 10.5 Å². The molecule has 0 bridgehead atoms. The molecule has 8 nitrogen and oxygen atoms in total. The number of fused-ring (bicyclic) bond motifs is 1. The lowest BCUT2D eigenvalue weighted by atomic mass is 10.2. The third kappa shape index (κ3) is 2.97. The second-order valence-corrected chi connectivity index (χ2v) is 4.31. The molecule has 1 aromatic carbocycles. The van der Waals surface area contributed by atoms with Crippen molar-refractivity contribution in [2.75, 3.05) is 31.3 Å². The number of nitrogens with one attached hydrogen (secondary N) is 2. The predicted octanol–water partition coefficient (Wildman–Crippen LogP) is 0.368. The van der Waals surface area contributed by atoms with Crippen LogP contribution in [0.1, 0.15) is 6.92 Å². The fourth-order valence-corrected chi connectivity index (χ4v) is 1.73. The average molecular weight is 279 g/mol. The highest BCUT2D eigenvalue weighted by Gasteiger charge is 2.16. The number of anilines is 2. The van der Waals surface area contributed by atoms with Crippen LogP contribution in [0.15, 0.2) is 16.8 Å². The second kappa shape index (κ2) is 6.20. The van der Waals surface area contributed by atoms with Crippen LogP contribution < -0.4 is 16.4 Å². The first-order valence-electron chi connectivity index (χ1n) is 6.17. The van der Waals surface area contributed by atoms with E-state index < -0.39 is 6.04 Å². The van der Waals surface area contributed by atoms with Crippen LogP contribution in [0.5, 0.6) is 0 Å². The van der Waals surface area contributed by atoms with Crippen LogP contribution in [0.4, 0.5) is 11.4 Å². The highest BCUT2D eigenvalue weighted by molar-refractivity contribution is 5.96. The lowest BCUT2D eigenvalue weighted by Gasteiger charge is -2.15. The number of nitrogens with two attached hydrogens (primary N) is 1. The molecule has 0 radical (unpaired) electrons. The van der Waals surface area contributed by atoms with Gasteiger partial charge in [0.05, 0.1) is 18.0 Å². The minimum atomic E-state index is -0.435. The number of methoxy groups -OCH3 is 1. The van der Waals surface area contributed by atoms with Crippen LogP contribution in [0.3, 0.4) is 0 Å². The number of ether oxygens (including phenoxy) is 1. The lowest BCUT2D eigenvalue weighted by Crippen LogP contribution is -2.39. The van der Waals surface area contributed by atoms with Gasteiger partial charge in [-0.3, -0.25) is 4.79 Å². The monoisotopic (exact) mass is 279 g/mol. The number of hydrogen-bond donors (Lipinski definition) is 3. The summed E-state index contributed by atoms with van der Waals surface area (Å²) in [6.07, 6.45) is 0. The van der Waals surface area contributed by atoms with Crippen LogP contribution in [0.2, 0.25) is 0 Å². The summed E-state index contributed by atoms with van der Waals surface area (Å²) < 4.78 is 9.54. The van der Waals surface area contributed by atoms with Crippen molar-refractivity contribution in [2.24, 2.45) is 0 Å². The van der Waals surface area contributed by atoms with Crippen molar-refractivity contribution in [3.63, 3.8) is 0 Å². The van der Waals surface area contributed by atoms with E-state index in [9.17, 15) is 4.79 Å². The Morgan fingerprint density at radius 1 is 1.45 bits per heavy atom. The summed E-state index contributed by atoms with van der Waals surface area (Å²) in [5, 5.41) is 13.3. The summed E-state index contributed by atoms with van der Waals surface area (Å²) in [5.74, 6) is -0.136. The van der Waals surface area contributed by atoms with E-state index in [-0.39, 0.29) is 5.91 Å². The molecule has 0 aliphatic rings. The van der Waals surface area contributed by atoms with Gasteiger partial charge in [-0.25, -0.2) is 4.63 Å². The molecule has 1 unspecified atom stereocenters. The van der Waals surface area contributed by atoms with Gasteiger partial charge in [0, 0.05) is 13.7 Å².